The van der Waals surface area contributed by atoms with Crippen molar-refractivity contribution < 1.29 is 14.5 Å². The van der Waals surface area contributed by atoms with E-state index in [1.54, 1.807) is 16.9 Å². The standard InChI is InChI=1S/C19H19ClN4O4/c1-10(2)16-8-13(14-9-21-23(11(3)4)18(14)22-16)19(25)28-17-6-5-12(24(26)27)7-15(17)20/h5-11H,1-4H3. The second-order valence-corrected chi connectivity index (χ2v) is 7.34. The Kier molecular flexibility index (Phi) is 5.33. The minimum Gasteiger partial charge on any atom is -0.421 e. The molecule has 0 amide bonds. The van der Waals surface area contributed by atoms with Gasteiger partial charge in [-0.15, -0.1) is 0 Å². The Morgan fingerprint density at radius 1 is 1.25 bits per heavy atom. The SMILES string of the molecule is CC(C)c1cc(C(=O)Oc2ccc([N+](=O)[O-])cc2Cl)c2cnn(C(C)C)c2n1. The maximum absolute atomic E-state index is 12.9. The van der Waals surface area contributed by atoms with E-state index in [4.69, 9.17) is 16.3 Å². The molecule has 2 heterocycles. The fraction of sp³-hybridized carbons (Fsp3) is 0.316. The molecule has 0 saturated heterocycles. The summed E-state index contributed by atoms with van der Waals surface area (Å²) in [6, 6.07) is 5.43. The number of nitro groups is 1. The van der Waals surface area contributed by atoms with Crippen molar-refractivity contribution in [2.45, 2.75) is 39.7 Å². The molecule has 0 saturated carbocycles. The normalized spacial score (nSPS) is 11.4. The number of hydrogen-bond donors (Lipinski definition) is 0. The van der Waals surface area contributed by atoms with Gasteiger partial charge in [0, 0.05) is 23.9 Å². The van der Waals surface area contributed by atoms with E-state index in [9.17, 15) is 14.9 Å². The minimum absolute atomic E-state index is 0.0187. The molecular weight excluding hydrogens is 384 g/mol. The van der Waals surface area contributed by atoms with Crippen LogP contribution in [0.1, 0.15) is 55.7 Å². The predicted octanol–water partition coefficient (Wildman–Crippen LogP) is 4.92. The first kappa shape index (κ1) is 19.8. The summed E-state index contributed by atoms with van der Waals surface area (Å²) < 4.78 is 7.17. The van der Waals surface area contributed by atoms with E-state index in [0.29, 0.717) is 16.6 Å². The van der Waals surface area contributed by atoms with E-state index in [2.05, 4.69) is 10.1 Å². The van der Waals surface area contributed by atoms with Crippen molar-refractivity contribution in [3.8, 4) is 5.75 Å². The van der Waals surface area contributed by atoms with Crippen LogP contribution in [0.4, 0.5) is 5.69 Å². The number of carbonyl (C=O) groups is 1. The van der Waals surface area contributed by atoms with Gasteiger partial charge in [-0.3, -0.25) is 10.1 Å². The highest BCUT2D eigenvalue weighted by Gasteiger charge is 2.21. The van der Waals surface area contributed by atoms with E-state index in [0.717, 1.165) is 11.8 Å². The summed E-state index contributed by atoms with van der Waals surface area (Å²) in [4.78, 5) is 27.8. The molecule has 0 aliphatic rings. The summed E-state index contributed by atoms with van der Waals surface area (Å²) in [6.07, 6.45) is 1.58. The molecule has 0 N–H and O–H groups in total. The van der Waals surface area contributed by atoms with Crippen LogP contribution in [0.2, 0.25) is 5.02 Å². The van der Waals surface area contributed by atoms with Crippen molar-refractivity contribution in [2.75, 3.05) is 0 Å². The van der Waals surface area contributed by atoms with Gasteiger partial charge in [0.2, 0.25) is 0 Å². The van der Waals surface area contributed by atoms with Crippen LogP contribution in [-0.4, -0.2) is 25.7 Å². The molecule has 146 valence electrons. The number of esters is 1. The van der Waals surface area contributed by atoms with E-state index >= 15 is 0 Å². The van der Waals surface area contributed by atoms with Gasteiger partial charge in [0.25, 0.3) is 5.69 Å². The van der Waals surface area contributed by atoms with Crippen molar-refractivity contribution >= 4 is 34.3 Å². The molecule has 0 aliphatic heterocycles. The van der Waals surface area contributed by atoms with Gasteiger partial charge in [0.1, 0.15) is 5.75 Å². The number of nitrogens with zero attached hydrogens (tertiary/aromatic N) is 4. The first-order chi connectivity index (χ1) is 13.2. The van der Waals surface area contributed by atoms with Gasteiger partial charge < -0.3 is 4.74 Å². The summed E-state index contributed by atoms with van der Waals surface area (Å²) in [5, 5.41) is 15.7. The number of non-ortho nitro benzene ring substituents is 1. The monoisotopic (exact) mass is 402 g/mol. The maximum atomic E-state index is 12.9. The Balaban J connectivity index is 2.05. The zero-order valence-corrected chi connectivity index (χ0v) is 16.6. The molecule has 0 radical (unpaired) electrons. The third-order valence-electron chi connectivity index (χ3n) is 4.22. The summed E-state index contributed by atoms with van der Waals surface area (Å²) in [6.45, 7) is 7.91. The molecule has 0 spiro atoms. The van der Waals surface area contributed by atoms with E-state index in [1.165, 1.54) is 12.1 Å². The lowest BCUT2D eigenvalue weighted by atomic mass is 10.1. The second kappa shape index (κ2) is 7.55. The topological polar surface area (TPSA) is 100 Å². The summed E-state index contributed by atoms with van der Waals surface area (Å²) >= 11 is 6.04. The summed E-state index contributed by atoms with van der Waals surface area (Å²) in [5.74, 6) is -0.493. The quantitative estimate of drug-likeness (QED) is 0.260. The van der Waals surface area contributed by atoms with Crippen LogP contribution in [-0.2, 0) is 0 Å². The lowest BCUT2D eigenvalue weighted by Crippen LogP contribution is -2.12. The average Bonchev–Trinajstić information content (AvgIpc) is 3.06. The number of ether oxygens (including phenoxy) is 1. The second-order valence-electron chi connectivity index (χ2n) is 6.93. The van der Waals surface area contributed by atoms with Crippen molar-refractivity contribution in [1.29, 1.82) is 0 Å². The Labute approximate surface area is 166 Å². The third kappa shape index (κ3) is 3.68. The Hall–Kier alpha value is -3.00. The van der Waals surface area contributed by atoms with Crippen LogP contribution >= 0.6 is 11.6 Å². The zero-order chi connectivity index (χ0) is 20.6. The molecule has 1 aromatic carbocycles. The molecule has 0 unspecified atom stereocenters. The number of fused-ring (bicyclic) bond motifs is 1. The fourth-order valence-electron chi connectivity index (χ4n) is 2.72. The van der Waals surface area contributed by atoms with Crippen LogP contribution in [0.5, 0.6) is 5.75 Å². The highest BCUT2D eigenvalue weighted by molar-refractivity contribution is 6.32. The van der Waals surface area contributed by atoms with Crippen LogP contribution in [0.3, 0.4) is 0 Å². The Morgan fingerprint density at radius 3 is 2.54 bits per heavy atom. The molecule has 0 aliphatic carbocycles. The van der Waals surface area contributed by atoms with E-state index in [-0.39, 0.29) is 28.4 Å². The summed E-state index contributed by atoms with van der Waals surface area (Å²) in [7, 11) is 0. The van der Waals surface area contributed by atoms with Gasteiger partial charge in [0.15, 0.2) is 5.65 Å². The number of pyridine rings is 1. The maximum Gasteiger partial charge on any atom is 0.344 e. The van der Waals surface area contributed by atoms with Gasteiger partial charge in [-0.1, -0.05) is 25.4 Å². The molecule has 3 aromatic rings. The third-order valence-corrected chi connectivity index (χ3v) is 4.51. The molecule has 0 fully saturated rings. The van der Waals surface area contributed by atoms with Crippen molar-refractivity contribution in [3.63, 3.8) is 0 Å². The number of hydrogen-bond acceptors (Lipinski definition) is 6. The largest absolute Gasteiger partial charge is 0.421 e. The van der Waals surface area contributed by atoms with Gasteiger partial charge in [-0.05, 0) is 31.9 Å². The number of nitro benzene ring substituents is 1. The summed E-state index contributed by atoms with van der Waals surface area (Å²) in [5.41, 5.74) is 1.46. The number of benzene rings is 1. The molecule has 8 nitrogen and oxygen atoms in total. The smallest absolute Gasteiger partial charge is 0.344 e. The molecule has 28 heavy (non-hydrogen) atoms. The van der Waals surface area contributed by atoms with E-state index in [1.807, 2.05) is 27.7 Å². The van der Waals surface area contributed by atoms with Crippen LogP contribution in [0, 0.1) is 10.1 Å². The number of carbonyl (C=O) groups excluding carboxylic acids is 1. The average molecular weight is 403 g/mol. The molecule has 3 rings (SSSR count). The van der Waals surface area contributed by atoms with Crippen LogP contribution in [0.15, 0.2) is 30.5 Å². The predicted molar refractivity (Wildman–Crippen MR) is 105 cm³/mol. The van der Waals surface area contributed by atoms with Crippen molar-refractivity contribution in [2.24, 2.45) is 0 Å². The lowest BCUT2D eigenvalue weighted by molar-refractivity contribution is -0.384. The van der Waals surface area contributed by atoms with Crippen molar-refractivity contribution in [3.05, 3.63) is 56.9 Å². The van der Waals surface area contributed by atoms with Gasteiger partial charge in [-0.2, -0.15) is 5.10 Å². The lowest BCUT2D eigenvalue weighted by Gasteiger charge is -2.12. The van der Waals surface area contributed by atoms with Gasteiger partial charge >= 0.3 is 5.97 Å². The fourth-order valence-corrected chi connectivity index (χ4v) is 2.93. The minimum atomic E-state index is -0.631. The Bertz CT molecular complexity index is 1080. The molecule has 0 atom stereocenters. The number of halogens is 1. The number of aromatic nitrogens is 3. The number of rotatable bonds is 5. The molecule has 9 heteroatoms. The van der Waals surface area contributed by atoms with Gasteiger partial charge in [0.05, 0.1) is 27.1 Å². The highest BCUT2D eigenvalue weighted by atomic mass is 35.5. The van der Waals surface area contributed by atoms with Gasteiger partial charge in [-0.25, -0.2) is 14.5 Å². The Morgan fingerprint density at radius 2 is 1.96 bits per heavy atom. The van der Waals surface area contributed by atoms with Crippen molar-refractivity contribution in [1.82, 2.24) is 14.8 Å². The van der Waals surface area contributed by atoms with Crippen LogP contribution in [0.25, 0.3) is 11.0 Å². The zero-order valence-electron chi connectivity index (χ0n) is 15.8. The first-order valence-corrected chi connectivity index (χ1v) is 9.11. The van der Waals surface area contributed by atoms with E-state index < -0.39 is 10.9 Å². The van der Waals surface area contributed by atoms with Crippen LogP contribution < -0.4 is 4.74 Å². The first-order valence-electron chi connectivity index (χ1n) is 8.73. The molecule has 2 aromatic heterocycles. The molecule has 0 bridgehead atoms. The molecular formula is C19H19ClN4O4. The highest BCUT2D eigenvalue weighted by Crippen LogP contribution is 2.31.